The molecule has 0 spiro atoms. The number of hydrogen-bond acceptors (Lipinski definition) is 5. The van der Waals surface area contributed by atoms with Gasteiger partial charge in [0.05, 0.1) is 24.0 Å². The van der Waals surface area contributed by atoms with Gasteiger partial charge < -0.3 is 15.8 Å². The molecular weight excluding hydrogens is 322 g/mol. The summed E-state index contributed by atoms with van der Waals surface area (Å²) in [6, 6.07) is 9.11. The number of nitrogens with one attached hydrogen (secondary N) is 1. The maximum Gasteiger partial charge on any atom is 0.240 e. The Bertz CT molecular complexity index is 680. The van der Waals surface area contributed by atoms with E-state index in [0.29, 0.717) is 0 Å². The minimum atomic E-state index is -0.398. The van der Waals surface area contributed by atoms with Crippen LogP contribution in [0.5, 0.6) is 0 Å². The van der Waals surface area contributed by atoms with E-state index < -0.39 is 11.8 Å². The normalized spacial score (nSPS) is 31.3. The molecule has 3 fully saturated rings. The first-order valence-electron chi connectivity index (χ1n) is 8.64. The fraction of sp³-hybridized carbons (Fsp3) is 0.500. The van der Waals surface area contributed by atoms with Crippen LogP contribution in [0.25, 0.3) is 0 Å². The van der Waals surface area contributed by atoms with Crippen molar-refractivity contribution in [1.29, 1.82) is 0 Å². The Morgan fingerprint density at radius 1 is 1.16 bits per heavy atom. The topological polar surface area (TPSA) is 102 Å². The number of carbonyl (C=O) groups is 3. The quantitative estimate of drug-likeness (QED) is 0.731. The number of ether oxygens (including phenoxy) is 1. The molecule has 2 bridgehead atoms. The van der Waals surface area contributed by atoms with Crippen LogP contribution < -0.4 is 11.1 Å². The van der Waals surface area contributed by atoms with E-state index in [1.54, 1.807) is 0 Å². The minimum absolute atomic E-state index is 0.161. The molecule has 5 unspecified atom stereocenters. The van der Waals surface area contributed by atoms with Crippen molar-refractivity contribution in [2.75, 3.05) is 13.1 Å². The van der Waals surface area contributed by atoms with Gasteiger partial charge in [0.2, 0.25) is 17.7 Å². The summed E-state index contributed by atoms with van der Waals surface area (Å²) >= 11 is 0. The van der Waals surface area contributed by atoms with Crippen LogP contribution in [0.15, 0.2) is 30.3 Å². The van der Waals surface area contributed by atoms with Crippen LogP contribution in [0.4, 0.5) is 0 Å². The number of hydrogen-bond donors (Lipinski definition) is 2. The van der Waals surface area contributed by atoms with E-state index in [1.807, 2.05) is 30.3 Å². The van der Waals surface area contributed by atoms with Crippen molar-refractivity contribution in [1.82, 2.24) is 10.2 Å². The second-order valence-corrected chi connectivity index (χ2v) is 6.93. The van der Waals surface area contributed by atoms with E-state index in [0.717, 1.165) is 23.3 Å². The standard InChI is InChI=1S/C18H21N3O4/c19-11(10-4-2-1-3-5-10)8-20-14(22)9-21-17(23)15-12-6-7-13(25-12)16(15)18(21)24/h1-5,11-13,15-16H,6-9,19H2,(H,20,22). The molecule has 3 aliphatic heterocycles. The molecule has 0 radical (unpaired) electrons. The molecule has 1 aromatic carbocycles. The summed E-state index contributed by atoms with van der Waals surface area (Å²) in [6.45, 7) is 0.00586. The first-order chi connectivity index (χ1) is 12.1. The lowest BCUT2D eigenvalue weighted by Gasteiger charge is -2.18. The van der Waals surface area contributed by atoms with Crippen molar-refractivity contribution in [2.45, 2.75) is 31.1 Å². The van der Waals surface area contributed by atoms with E-state index in [-0.39, 0.29) is 49.1 Å². The van der Waals surface area contributed by atoms with Crippen LogP contribution in [0.3, 0.4) is 0 Å². The number of likely N-dealkylation sites (tertiary alicyclic amines) is 1. The van der Waals surface area contributed by atoms with E-state index in [1.165, 1.54) is 0 Å². The zero-order valence-electron chi connectivity index (χ0n) is 13.8. The van der Waals surface area contributed by atoms with Crippen LogP contribution in [-0.2, 0) is 19.1 Å². The Balaban J connectivity index is 1.34. The number of nitrogens with zero attached hydrogens (tertiary/aromatic N) is 1. The molecule has 0 aromatic heterocycles. The summed E-state index contributed by atoms with van der Waals surface area (Å²) in [5.41, 5.74) is 6.96. The first kappa shape index (κ1) is 16.2. The molecule has 7 heteroatoms. The molecule has 3 heterocycles. The Morgan fingerprint density at radius 2 is 1.76 bits per heavy atom. The van der Waals surface area contributed by atoms with Gasteiger partial charge in [-0.25, -0.2) is 0 Å². The fourth-order valence-electron chi connectivity index (χ4n) is 4.17. The lowest BCUT2D eigenvalue weighted by Crippen LogP contribution is -2.43. The molecule has 3 saturated heterocycles. The highest BCUT2D eigenvalue weighted by Gasteiger charge is 2.62. The number of benzene rings is 1. The van der Waals surface area contributed by atoms with Crippen molar-refractivity contribution in [3.63, 3.8) is 0 Å². The molecule has 7 nitrogen and oxygen atoms in total. The largest absolute Gasteiger partial charge is 0.373 e. The minimum Gasteiger partial charge on any atom is -0.373 e. The van der Waals surface area contributed by atoms with E-state index >= 15 is 0 Å². The third kappa shape index (κ3) is 2.73. The highest BCUT2D eigenvalue weighted by molar-refractivity contribution is 6.08. The van der Waals surface area contributed by atoms with E-state index in [4.69, 9.17) is 10.5 Å². The summed E-state index contributed by atoms with van der Waals surface area (Å²) in [7, 11) is 0. The van der Waals surface area contributed by atoms with Gasteiger partial charge in [0, 0.05) is 12.6 Å². The summed E-state index contributed by atoms with van der Waals surface area (Å²) in [4.78, 5) is 38.3. The monoisotopic (exact) mass is 343 g/mol. The SMILES string of the molecule is NC(CNC(=O)CN1C(=O)C2C3CCC(O3)C2C1=O)c1ccccc1. The zero-order chi connectivity index (χ0) is 17.6. The molecular formula is C18H21N3O4. The maximum atomic E-state index is 12.5. The molecule has 5 atom stereocenters. The smallest absolute Gasteiger partial charge is 0.240 e. The molecule has 1 aromatic rings. The highest BCUT2D eigenvalue weighted by Crippen LogP contribution is 2.48. The van der Waals surface area contributed by atoms with Crippen molar-refractivity contribution in [3.05, 3.63) is 35.9 Å². The second kappa shape index (κ2) is 6.24. The predicted molar refractivity (Wildman–Crippen MR) is 88.0 cm³/mol. The molecule has 3 amide bonds. The number of carbonyl (C=O) groups excluding carboxylic acids is 3. The highest BCUT2D eigenvalue weighted by atomic mass is 16.5. The van der Waals surface area contributed by atoms with Gasteiger partial charge in [0.25, 0.3) is 0 Å². The third-order valence-corrected chi connectivity index (χ3v) is 5.42. The molecule has 25 heavy (non-hydrogen) atoms. The van der Waals surface area contributed by atoms with Gasteiger partial charge in [0.1, 0.15) is 6.54 Å². The number of amides is 3. The van der Waals surface area contributed by atoms with Gasteiger partial charge in [0.15, 0.2) is 0 Å². The van der Waals surface area contributed by atoms with Crippen LogP contribution in [0.2, 0.25) is 0 Å². The summed E-state index contributed by atoms with van der Waals surface area (Å²) in [6.07, 6.45) is 1.31. The van der Waals surface area contributed by atoms with E-state index in [9.17, 15) is 14.4 Å². The molecule has 4 rings (SSSR count). The molecule has 0 aliphatic carbocycles. The van der Waals surface area contributed by atoms with Crippen LogP contribution >= 0.6 is 0 Å². The lowest BCUT2D eigenvalue weighted by atomic mass is 9.81. The van der Waals surface area contributed by atoms with Crippen LogP contribution in [0.1, 0.15) is 24.4 Å². The predicted octanol–water partition coefficient (Wildman–Crippen LogP) is -0.0350. The van der Waals surface area contributed by atoms with Gasteiger partial charge in [-0.2, -0.15) is 0 Å². The first-order valence-corrected chi connectivity index (χ1v) is 8.64. The van der Waals surface area contributed by atoms with Gasteiger partial charge in [-0.15, -0.1) is 0 Å². The molecule has 0 saturated carbocycles. The Morgan fingerprint density at radius 3 is 2.36 bits per heavy atom. The number of rotatable bonds is 5. The van der Waals surface area contributed by atoms with Crippen molar-refractivity contribution in [3.8, 4) is 0 Å². The molecule has 3 aliphatic rings. The lowest BCUT2D eigenvalue weighted by molar-refractivity contribution is -0.146. The van der Waals surface area contributed by atoms with Crippen molar-refractivity contribution >= 4 is 17.7 Å². The second-order valence-electron chi connectivity index (χ2n) is 6.93. The Labute approximate surface area is 145 Å². The van der Waals surface area contributed by atoms with Gasteiger partial charge in [-0.3, -0.25) is 19.3 Å². The zero-order valence-corrected chi connectivity index (χ0v) is 13.8. The van der Waals surface area contributed by atoms with Gasteiger partial charge in [-0.1, -0.05) is 30.3 Å². The van der Waals surface area contributed by atoms with E-state index in [2.05, 4.69) is 5.32 Å². The average molecular weight is 343 g/mol. The van der Waals surface area contributed by atoms with Gasteiger partial charge in [-0.05, 0) is 18.4 Å². The number of fused-ring (bicyclic) bond motifs is 5. The molecule has 132 valence electrons. The van der Waals surface area contributed by atoms with Crippen molar-refractivity contribution < 1.29 is 19.1 Å². The third-order valence-electron chi connectivity index (χ3n) is 5.42. The molecule has 3 N–H and O–H groups in total. The number of nitrogens with two attached hydrogens (primary N) is 1. The number of imide groups is 1. The average Bonchev–Trinajstić information content (AvgIpc) is 3.30. The Hall–Kier alpha value is -2.25. The van der Waals surface area contributed by atoms with Gasteiger partial charge >= 0.3 is 0 Å². The maximum absolute atomic E-state index is 12.5. The Kier molecular flexibility index (Phi) is 4.05. The van der Waals surface area contributed by atoms with Crippen LogP contribution in [0, 0.1) is 11.8 Å². The van der Waals surface area contributed by atoms with Crippen molar-refractivity contribution in [2.24, 2.45) is 17.6 Å². The summed E-state index contributed by atoms with van der Waals surface area (Å²) in [5, 5.41) is 2.71. The summed E-state index contributed by atoms with van der Waals surface area (Å²) < 4.78 is 5.68. The summed E-state index contributed by atoms with van der Waals surface area (Å²) in [5.74, 6) is -1.72. The fourth-order valence-corrected chi connectivity index (χ4v) is 4.17. The van der Waals surface area contributed by atoms with Crippen LogP contribution in [-0.4, -0.2) is 47.9 Å².